The summed E-state index contributed by atoms with van der Waals surface area (Å²) < 4.78 is 5.68. The predicted molar refractivity (Wildman–Crippen MR) is 114 cm³/mol. The van der Waals surface area contributed by atoms with E-state index >= 15 is 0 Å². The molecule has 0 radical (unpaired) electrons. The Morgan fingerprint density at radius 3 is 2.07 bits per heavy atom. The summed E-state index contributed by atoms with van der Waals surface area (Å²) >= 11 is 3.36. The molecule has 0 saturated carbocycles. The maximum atomic E-state index is 12.6. The van der Waals surface area contributed by atoms with Gasteiger partial charge in [-0.25, -0.2) is 0 Å². The van der Waals surface area contributed by atoms with Crippen molar-refractivity contribution in [3.8, 4) is 5.75 Å². The highest BCUT2D eigenvalue weighted by Gasteiger charge is 2.14. The fourth-order valence-electron chi connectivity index (χ4n) is 2.60. The minimum absolute atomic E-state index is 0.278. The standard InChI is InChI=1S/C22H17BrN2O4/c1-14(26)29-16-8-6-7-15(13-16)21(27)24-19-11-4-5-12-20(19)25-22(28)17-9-2-3-10-18(17)23/h2-13H,1H3,(H,24,27)(H,25,28). The Labute approximate surface area is 176 Å². The Bertz CT molecular complexity index is 1080. The molecule has 3 rings (SSSR count). The molecule has 2 amide bonds. The van der Waals surface area contributed by atoms with Gasteiger partial charge in [0.1, 0.15) is 5.75 Å². The van der Waals surface area contributed by atoms with Crippen LogP contribution >= 0.6 is 15.9 Å². The molecule has 3 aromatic carbocycles. The highest BCUT2D eigenvalue weighted by molar-refractivity contribution is 9.10. The van der Waals surface area contributed by atoms with Gasteiger partial charge in [0.05, 0.1) is 16.9 Å². The molecule has 0 bridgehead atoms. The van der Waals surface area contributed by atoms with Gasteiger partial charge in [0.15, 0.2) is 0 Å². The summed E-state index contributed by atoms with van der Waals surface area (Å²) in [6.45, 7) is 1.29. The molecule has 29 heavy (non-hydrogen) atoms. The van der Waals surface area contributed by atoms with Crippen molar-refractivity contribution in [2.45, 2.75) is 6.92 Å². The Kier molecular flexibility index (Phi) is 6.41. The minimum Gasteiger partial charge on any atom is -0.427 e. The third-order valence-electron chi connectivity index (χ3n) is 3.90. The van der Waals surface area contributed by atoms with Crippen LogP contribution in [0.2, 0.25) is 0 Å². The summed E-state index contributed by atoms with van der Waals surface area (Å²) in [6.07, 6.45) is 0. The number of para-hydroxylation sites is 2. The molecular weight excluding hydrogens is 436 g/mol. The molecule has 0 aromatic heterocycles. The molecule has 7 heteroatoms. The third-order valence-corrected chi connectivity index (χ3v) is 4.59. The molecule has 0 heterocycles. The monoisotopic (exact) mass is 452 g/mol. The number of hydrogen-bond donors (Lipinski definition) is 2. The fourth-order valence-corrected chi connectivity index (χ4v) is 3.06. The lowest BCUT2D eigenvalue weighted by Crippen LogP contribution is -2.17. The first-order valence-electron chi connectivity index (χ1n) is 8.69. The van der Waals surface area contributed by atoms with Crippen LogP contribution in [0.3, 0.4) is 0 Å². The number of amides is 2. The summed E-state index contributed by atoms with van der Waals surface area (Å²) in [7, 11) is 0. The zero-order chi connectivity index (χ0) is 20.8. The van der Waals surface area contributed by atoms with E-state index in [0.717, 1.165) is 0 Å². The molecule has 0 atom stereocenters. The fraction of sp³-hybridized carbons (Fsp3) is 0.0455. The van der Waals surface area contributed by atoms with Gasteiger partial charge in [-0.2, -0.15) is 0 Å². The van der Waals surface area contributed by atoms with E-state index in [4.69, 9.17) is 4.74 Å². The number of benzene rings is 3. The van der Waals surface area contributed by atoms with Gasteiger partial charge in [-0.3, -0.25) is 14.4 Å². The summed E-state index contributed by atoms with van der Waals surface area (Å²) in [6, 6.07) is 20.2. The van der Waals surface area contributed by atoms with Crippen molar-refractivity contribution in [1.29, 1.82) is 0 Å². The summed E-state index contributed by atoms with van der Waals surface area (Å²) in [5.74, 6) is -0.902. The van der Waals surface area contributed by atoms with Crippen LogP contribution in [-0.2, 0) is 4.79 Å². The van der Waals surface area contributed by atoms with E-state index in [1.54, 1.807) is 60.7 Å². The van der Waals surface area contributed by atoms with Crippen molar-refractivity contribution < 1.29 is 19.1 Å². The predicted octanol–water partition coefficient (Wildman–Crippen LogP) is 4.88. The number of hydrogen-bond acceptors (Lipinski definition) is 4. The first kappa shape index (κ1) is 20.3. The number of esters is 1. The van der Waals surface area contributed by atoms with E-state index in [-0.39, 0.29) is 11.7 Å². The second-order valence-electron chi connectivity index (χ2n) is 6.06. The topological polar surface area (TPSA) is 84.5 Å². The maximum Gasteiger partial charge on any atom is 0.308 e. The van der Waals surface area contributed by atoms with Crippen molar-refractivity contribution in [2.75, 3.05) is 10.6 Å². The first-order valence-corrected chi connectivity index (χ1v) is 9.48. The molecule has 6 nitrogen and oxygen atoms in total. The van der Waals surface area contributed by atoms with E-state index in [9.17, 15) is 14.4 Å². The zero-order valence-electron chi connectivity index (χ0n) is 15.4. The van der Waals surface area contributed by atoms with Crippen molar-refractivity contribution in [3.05, 3.63) is 88.4 Å². The first-order chi connectivity index (χ1) is 13.9. The van der Waals surface area contributed by atoms with Crippen LogP contribution in [0.15, 0.2) is 77.3 Å². The highest BCUT2D eigenvalue weighted by atomic mass is 79.9. The largest absolute Gasteiger partial charge is 0.427 e. The van der Waals surface area contributed by atoms with E-state index < -0.39 is 11.9 Å². The van der Waals surface area contributed by atoms with Crippen LogP contribution in [0.5, 0.6) is 5.75 Å². The quantitative estimate of drug-likeness (QED) is 0.426. The number of anilines is 2. The molecular formula is C22H17BrN2O4. The molecule has 0 aliphatic heterocycles. The molecule has 0 saturated heterocycles. The Balaban J connectivity index is 1.79. The number of rotatable bonds is 5. The number of carbonyl (C=O) groups excluding carboxylic acids is 3. The second-order valence-corrected chi connectivity index (χ2v) is 6.91. The highest BCUT2D eigenvalue weighted by Crippen LogP contribution is 2.25. The number of nitrogens with one attached hydrogen (secondary N) is 2. The Morgan fingerprint density at radius 1 is 0.793 bits per heavy atom. The van der Waals surface area contributed by atoms with E-state index in [2.05, 4.69) is 26.6 Å². The molecule has 0 fully saturated rings. The average Bonchev–Trinajstić information content (AvgIpc) is 2.69. The second kappa shape index (κ2) is 9.16. The smallest absolute Gasteiger partial charge is 0.308 e. The van der Waals surface area contributed by atoms with Crippen molar-refractivity contribution in [1.82, 2.24) is 0 Å². The molecule has 0 spiro atoms. The summed E-state index contributed by atoms with van der Waals surface area (Å²) in [5, 5.41) is 5.58. The molecule has 0 aliphatic carbocycles. The third kappa shape index (κ3) is 5.30. The van der Waals surface area contributed by atoms with Gasteiger partial charge >= 0.3 is 5.97 Å². The van der Waals surface area contributed by atoms with Gasteiger partial charge < -0.3 is 15.4 Å². The van der Waals surface area contributed by atoms with Gasteiger partial charge in [-0.15, -0.1) is 0 Å². The van der Waals surface area contributed by atoms with Crippen LogP contribution in [0.25, 0.3) is 0 Å². The molecule has 0 unspecified atom stereocenters. The lowest BCUT2D eigenvalue weighted by atomic mass is 10.1. The average molecular weight is 453 g/mol. The van der Waals surface area contributed by atoms with Crippen molar-refractivity contribution >= 4 is 45.1 Å². The maximum absolute atomic E-state index is 12.6. The van der Waals surface area contributed by atoms with Crippen LogP contribution in [-0.4, -0.2) is 17.8 Å². The number of carbonyl (C=O) groups is 3. The lowest BCUT2D eigenvalue weighted by molar-refractivity contribution is -0.131. The Morgan fingerprint density at radius 2 is 1.41 bits per heavy atom. The van der Waals surface area contributed by atoms with Crippen LogP contribution in [0, 0.1) is 0 Å². The normalized spacial score (nSPS) is 10.1. The van der Waals surface area contributed by atoms with Gasteiger partial charge in [0.25, 0.3) is 11.8 Å². The summed E-state index contributed by atoms with van der Waals surface area (Å²) in [4.78, 5) is 36.3. The molecule has 3 aromatic rings. The number of halogens is 1. The van der Waals surface area contributed by atoms with Crippen LogP contribution in [0.4, 0.5) is 11.4 Å². The molecule has 0 aliphatic rings. The van der Waals surface area contributed by atoms with E-state index in [1.807, 2.05) is 6.07 Å². The van der Waals surface area contributed by atoms with Crippen LogP contribution in [0.1, 0.15) is 27.6 Å². The van der Waals surface area contributed by atoms with E-state index in [1.165, 1.54) is 13.0 Å². The van der Waals surface area contributed by atoms with E-state index in [0.29, 0.717) is 27.0 Å². The summed E-state index contributed by atoms with van der Waals surface area (Å²) in [5.41, 5.74) is 1.69. The van der Waals surface area contributed by atoms with Crippen molar-refractivity contribution in [2.24, 2.45) is 0 Å². The molecule has 2 N–H and O–H groups in total. The Hall–Kier alpha value is -3.45. The molecule has 146 valence electrons. The lowest BCUT2D eigenvalue weighted by Gasteiger charge is -2.13. The van der Waals surface area contributed by atoms with Gasteiger partial charge in [0, 0.05) is 17.0 Å². The zero-order valence-corrected chi connectivity index (χ0v) is 17.0. The van der Waals surface area contributed by atoms with Gasteiger partial charge in [-0.1, -0.05) is 30.3 Å². The van der Waals surface area contributed by atoms with Gasteiger partial charge in [-0.05, 0) is 58.4 Å². The van der Waals surface area contributed by atoms with Crippen LogP contribution < -0.4 is 15.4 Å². The van der Waals surface area contributed by atoms with Gasteiger partial charge in [0.2, 0.25) is 0 Å². The SMILES string of the molecule is CC(=O)Oc1cccc(C(=O)Nc2ccccc2NC(=O)c2ccccc2Br)c1. The van der Waals surface area contributed by atoms with Crippen molar-refractivity contribution in [3.63, 3.8) is 0 Å². The number of ether oxygens (including phenoxy) is 1. The minimum atomic E-state index is -0.470.